The summed E-state index contributed by atoms with van der Waals surface area (Å²) in [4.78, 5) is 0. The average molecular weight is 287 g/mol. The van der Waals surface area contributed by atoms with E-state index in [1.54, 1.807) is 6.07 Å². The van der Waals surface area contributed by atoms with Gasteiger partial charge in [0.05, 0.1) is 0 Å². The van der Waals surface area contributed by atoms with E-state index >= 15 is 0 Å². The minimum Gasteiger partial charge on any atom is -0.384 e. The van der Waals surface area contributed by atoms with Gasteiger partial charge in [-0.1, -0.05) is 42.5 Å². The third-order valence-electron chi connectivity index (χ3n) is 3.35. The van der Waals surface area contributed by atoms with Gasteiger partial charge >= 0.3 is 0 Å². The van der Waals surface area contributed by atoms with Gasteiger partial charge in [-0.25, -0.2) is 0 Å². The zero-order valence-corrected chi connectivity index (χ0v) is 12.0. The van der Waals surface area contributed by atoms with Crippen molar-refractivity contribution in [2.45, 2.75) is 38.1 Å². The molecule has 100 valence electrons. The summed E-state index contributed by atoms with van der Waals surface area (Å²) in [7, 11) is 0. The van der Waals surface area contributed by atoms with Crippen LogP contribution in [0.4, 0.5) is 5.69 Å². The van der Waals surface area contributed by atoms with Crippen LogP contribution in [-0.4, -0.2) is 19.1 Å². The number of hydrogen-bond acceptors (Lipinski definition) is 2. The molecule has 0 saturated heterocycles. The molecule has 0 bridgehead atoms. The molecule has 0 spiro atoms. The minimum absolute atomic E-state index is 0.672. The van der Waals surface area contributed by atoms with Crippen molar-refractivity contribution in [1.29, 1.82) is 0 Å². The van der Waals surface area contributed by atoms with Gasteiger partial charge in [0.25, 0.3) is 0 Å². The summed E-state index contributed by atoms with van der Waals surface area (Å²) in [6, 6.07) is 6.25. The largest absolute Gasteiger partial charge is 0.384 e. The number of hydrogen-bond donors (Lipinski definition) is 2. The fraction of sp³-hybridized carbons (Fsp3) is 0.571. The molecular weight excluding hydrogens is 267 g/mol. The van der Waals surface area contributed by atoms with E-state index in [2.05, 4.69) is 10.6 Å². The Balaban J connectivity index is 1.68. The van der Waals surface area contributed by atoms with Crippen molar-refractivity contribution in [3.63, 3.8) is 0 Å². The molecule has 4 heteroatoms. The Labute approximate surface area is 119 Å². The summed E-state index contributed by atoms with van der Waals surface area (Å²) in [5, 5.41) is 8.27. The highest BCUT2D eigenvalue weighted by Gasteiger charge is 2.11. The number of anilines is 1. The van der Waals surface area contributed by atoms with Crippen molar-refractivity contribution in [2.24, 2.45) is 0 Å². The Kier molecular flexibility index (Phi) is 5.61. The predicted octanol–water partition coefficient (Wildman–Crippen LogP) is 4.33. The third kappa shape index (κ3) is 4.68. The van der Waals surface area contributed by atoms with Crippen LogP contribution in [-0.2, 0) is 0 Å². The smallest absolute Gasteiger partial charge is 0.0441 e. The first kappa shape index (κ1) is 14.0. The molecule has 1 fully saturated rings. The number of benzene rings is 1. The molecule has 18 heavy (non-hydrogen) atoms. The van der Waals surface area contributed by atoms with E-state index in [9.17, 15) is 0 Å². The van der Waals surface area contributed by atoms with Crippen LogP contribution in [0.3, 0.4) is 0 Å². The molecule has 1 aromatic carbocycles. The second-order valence-electron chi connectivity index (χ2n) is 4.87. The van der Waals surface area contributed by atoms with Gasteiger partial charge in [-0.3, -0.25) is 0 Å². The molecule has 0 radical (unpaired) electrons. The van der Waals surface area contributed by atoms with Crippen LogP contribution in [0.5, 0.6) is 0 Å². The van der Waals surface area contributed by atoms with E-state index in [0.717, 1.165) is 18.8 Å². The molecule has 1 saturated carbocycles. The van der Waals surface area contributed by atoms with Gasteiger partial charge in [0.2, 0.25) is 0 Å². The van der Waals surface area contributed by atoms with E-state index in [0.29, 0.717) is 16.1 Å². The van der Waals surface area contributed by atoms with Gasteiger partial charge in [0.15, 0.2) is 0 Å². The Hall–Kier alpha value is -0.440. The van der Waals surface area contributed by atoms with Crippen molar-refractivity contribution < 1.29 is 0 Å². The van der Waals surface area contributed by atoms with Gasteiger partial charge in [-0.05, 0) is 31.0 Å². The average Bonchev–Trinajstić information content (AvgIpc) is 2.35. The first-order chi connectivity index (χ1) is 8.74. The van der Waals surface area contributed by atoms with Crippen molar-refractivity contribution >= 4 is 28.9 Å². The second-order valence-corrected chi connectivity index (χ2v) is 5.75. The lowest BCUT2D eigenvalue weighted by atomic mass is 9.95. The summed E-state index contributed by atoms with van der Waals surface area (Å²) in [5.74, 6) is 0. The second kappa shape index (κ2) is 7.22. The van der Waals surface area contributed by atoms with Crippen LogP contribution in [0.15, 0.2) is 18.2 Å². The standard InChI is InChI=1S/C14H20Cl2N2/c15-11-8-12(16)10-14(9-11)18-7-6-17-13-4-2-1-3-5-13/h8-10,13,17-18H,1-7H2. The zero-order chi connectivity index (χ0) is 12.8. The first-order valence-electron chi connectivity index (χ1n) is 6.67. The lowest BCUT2D eigenvalue weighted by Gasteiger charge is -2.23. The fourth-order valence-corrected chi connectivity index (χ4v) is 2.97. The Morgan fingerprint density at radius 1 is 0.944 bits per heavy atom. The van der Waals surface area contributed by atoms with Crippen LogP contribution < -0.4 is 10.6 Å². The third-order valence-corrected chi connectivity index (χ3v) is 3.79. The lowest BCUT2D eigenvalue weighted by Crippen LogP contribution is -2.34. The van der Waals surface area contributed by atoms with Crippen molar-refractivity contribution in [3.05, 3.63) is 28.2 Å². The van der Waals surface area contributed by atoms with Crippen LogP contribution in [0, 0.1) is 0 Å². The van der Waals surface area contributed by atoms with Gasteiger partial charge in [0.1, 0.15) is 0 Å². The van der Waals surface area contributed by atoms with E-state index in [1.807, 2.05) is 12.1 Å². The zero-order valence-electron chi connectivity index (χ0n) is 10.5. The van der Waals surface area contributed by atoms with E-state index in [-0.39, 0.29) is 0 Å². The lowest BCUT2D eigenvalue weighted by molar-refractivity contribution is 0.378. The van der Waals surface area contributed by atoms with Crippen LogP contribution in [0.2, 0.25) is 10.0 Å². The molecule has 2 nitrogen and oxygen atoms in total. The normalized spacial score (nSPS) is 16.8. The molecule has 0 amide bonds. The van der Waals surface area contributed by atoms with Crippen LogP contribution in [0.1, 0.15) is 32.1 Å². The molecule has 0 aliphatic heterocycles. The highest BCUT2D eigenvalue weighted by atomic mass is 35.5. The Morgan fingerprint density at radius 2 is 1.61 bits per heavy atom. The maximum absolute atomic E-state index is 5.94. The maximum atomic E-state index is 5.94. The molecule has 2 rings (SSSR count). The Morgan fingerprint density at radius 3 is 2.28 bits per heavy atom. The summed E-state index contributed by atoms with van der Waals surface area (Å²) in [6.45, 7) is 1.88. The predicted molar refractivity (Wildman–Crippen MR) is 79.8 cm³/mol. The minimum atomic E-state index is 0.672. The van der Waals surface area contributed by atoms with E-state index in [1.165, 1.54) is 32.1 Å². The van der Waals surface area contributed by atoms with E-state index in [4.69, 9.17) is 23.2 Å². The summed E-state index contributed by atoms with van der Waals surface area (Å²) < 4.78 is 0. The fourth-order valence-electron chi connectivity index (χ4n) is 2.45. The summed E-state index contributed by atoms with van der Waals surface area (Å²) in [5.41, 5.74) is 0.984. The van der Waals surface area contributed by atoms with Crippen molar-refractivity contribution in [2.75, 3.05) is 18.4 Å². The van der Waals surface area contributed by atoms with Gasteiger partial charge < -0.3 is 10.6 Å². The van der Waals surface area contributed by atoms with Gasteiger partial charge in [-0.15, -0.1) is 0 Å². The molecule has 1 aromatic rings. The summed E-state index contributed by atoms with van der Waals surface area (Å²) >= 11 is 11.9. The van der Waals surface area contributed by atoms with Crippen LogP contribution >= 0.6 is 23.2 Å². The molecule has 0 aromatic heterocycles. The number of halogens is 2. The SMILES string of the molecule is Clc1cc(Cl)cc(NCCNC2CCCCC2)c1. The molecule has 0 heterocycles. The first-order valence-corrected chi connectivity index (χ1v) is 7.43. The quantitative estimate of drug-likeness (QED) is 0.788. The molecular formula is C14H20Cl2N2. The van der Waals surface area contributed by atoms with Crippen molar-refractivity contribution in [3.8, 4) is 0 Å². The molecule has 2 N–H and O–H groups in total. The number of rotatable bonds is 5. The topological polar surface area (TPSA) is 24.1 Å². The molecule has 0 unspecified atom stereocenters. The highest BCUT2D eigenvalue weighted by Crippen LogP contribution is 2.22. The van der Waals surface area contributed by atoms with Crippen molar-refractivity contribution in [1.82, 2.24) is 5.32 Å². The van der Waals surface area contributed by atoms with Gasteiger partial charge in [-0.2, -0.15) is 0 Å². The summed E-state index contributed by atoms with van der Waals surface area (Å²) in [6.07, 6.45) is 6.79. The van der Waals surface area contributed by atoms with Crippen LogP contribution in [0.25, 0.3) is 0 Å². The van der Waals surface area contributed by atoms with E-state index < -0.39 is 0 Å². The molecule has 1 aliphatic carbocycles. The Bertz CT molecular complexity index is 356. The highest BCUT2D eigenvalue weighted by molar-refractivity contribution is 6.35. The monoisotopic (exact) mass is 286 g/mol. The number of nitrogens with one attached hydrogen (secondary N) is 2. The maximum Gasteiger partial charge on any atom is 0.0441 e. The van der Waals surface area contributed by atoms with Gasteiger partial charge in [0, 0.05) is 34.9 Å². The molecule has 0 atom stereocenters. The molecule has 1 aliphatic rings.